The summed E-state index contributed by atoms with van der Waals surface area (Å²) in [5.74, 6) is -0.144. The number of aromatic nitrogens is 1. The summed E-state index contributed by atoms with van der Waals surface area (Å²) in [6.07, 6.45) is 1.21. The molecule has 84 valence electrons. The number of ether oxygens (including phenoxy) is 1. The second kappa shape index (κ2) is 4.67. The van der Waals surface area contributed by atoms with Gasteiger partial charge in [-0.2, -0.15) is 0 Å². The summed E-state index contributed by atoms with van der Waals surface area (Å²) in [5, 5.41) is 2.35. The highest BCUT2D eigenvalue weighted by molar-refractivity contribution is 7.14. The average molecular weight is 258 g/mol. The third-order valence-corrected chi connectivity index (χ3v) is 3.20. The van der Waals surface area contributed by atoms with Crippen molar-refractivity contribution in [2.24, 2.45) is 0 Å². The monoisotopic (exact) mass is 257 g/mol. The Balaban J connectivity index is 2.40. The second-order valence-corrected chi connectivity index (χ2v) is 4.17. The Morgan fingerprint density at radius 1 is 1.69 bits per heavy atom. The number of halogens is 1. The standard InChI is InChI=1S/C10H8ClNO3S/c1-2-14-10(13)7-8(15-5-12-7)9-6(11)3-4-16-9/h3-5H,2H2,1H3. The summed E-state index contributed by atoms with van der Waals surface area (Å²) in [5.41, 5.74) is 0.159. The molecule has 6 heteroatoms. The van der Waals surface area contributed by atoms with E-state index in [1.54, 1.807) is 13.0 Å². The van der Waals surface area contributed by atoms with Crippen molar-refractivity contribution in [3.05, 3.63) is 28.6 Å². The van der Waals surface area contributed by atoms with E-state index in [9.17, 15) is 4.79 Å². The van der Waals surface area contributed by atoms with E-state index < -0.39 is 5.97 Å². The Morgan fingerprint density at radius 3 is 3.12 bits per heavy atom. The summed E-state index contributed by atoms with van der Waals surface area (Å²) >= 11 is 7.34. The van der Waals surface area contributed by atoms with Crippen molar-refractivity contribution in [1.29, 1.82) is 0 Å². The van der Waals surface area contributed by atoms with Gasteiger partial charge < -0.3 is 9.15 Å². The molecule has 0 spiro atoms. The van der Waals surface area contributed by atoms with Gasteiger partial charge in [0, 0.05) is 0 Å². The zero-order valence-electron chi connectivity index (χ0n) is 8.40. The lowest BCUT2D eigenvalue weighted by Crippen LogP contribution is -2.06. The van der Waals surface area contributed by atoms with E-state index in [1.807, 2.05) is 5.38 Å². The summed E-state index contributed by atoms with van der Waals surface area (Å²) in [7, 11) is 0. The van der Waals surface area contributed by atoms with Gasteiger partial charge in [-0.1, -0.05) is 11.6 Å². The first-order valence-electron chi connectivity index (χ1n) is 4.58. The number of hydrogen-bond donors (Lipinski definition) is 0. The van der Waals surface area contributed by atoms with Gasteiger partial charge in [-0.25, -0.2) is 9.78 Å². The molecule has 0 saturated heterocycles. The first-order valence-corrected chi connectivity index (χ1v) is 5.83. The fraction of sp³-hybridized carbons (Fsp3) is 0.200. The second-order valence-electron chi connectivity index (χ2n) is 2.85. The molecule has 0 saturated carbocycles. The van der Waals surface area contributed by atoms with Crippen LogP contribution in [0, 0.1) is 0 Å². The van der Waals surface area contributed by atoms with Crippen molar-refractivity contribution in [2.45, 2.75) is 6.92 Å². The predicted octanol–water partition coefficient (Wildman–Crippen LogP) is 3.23. The summed E-state index contributed by atoms with van der Waals surface area (Å²) < 4.78 is 10.0. The quantitative estimate of drug-likeness (QED) is 0.792. The lowest BCUT2D eigenvalue weighted by molar-refractivity contribution is 0.0520. The molecule has 0 fully saturated rings. The Bertz CT molecular complexity index is 506. The first-order chi connectivity index (χ1) is 7.74. The Morgan fingerprint density at radius 2 is 2.50 bits per heavy atom. The van der Waals surface area contributed by atoms with Crippen molar-refractivity contribution < 1.29 is 13.9 Å². The van der Waals surface area contributed by atoms with Crippen LogP contribution in [0.3, 0.4) is 0 Å². The molecule has 0 aromatic carbocycles. The number of hydrogen-bond acceptors (Lipinski definition) is 5. The van der Waals surface area contributed by atoms with E-state index in [0.29, 0.717) is 22.3 Å². The van der Waals surface area contributed by atoms with Gasteiger partial charge in [-0.3, -0.25) is 0 Å². The van der Waals surface area contributed by atoms with Crippen molar-refractivity contribution in [3.63, 3.8) is 0 Å². The van der Waals surface area contributed by atoms with Gasteiger partial charge in [0.2, 0.25) is 0 Å². The van der Waals surface area contributed by atoms with Crippen LogP contribution in [-0.4, -0.2) is 17.6 Å². The third kappa shape index (κ3) is 1.96. The molecule has 0 bridgehead atoms. The molecule has 0 unspecified atom stereocenters. The van der Waals surface area contributed by atoms with Crippen LogP contribution in [0.4, 0.5) is 0 Å². The van der Waals surface area contributed by atoms with Crippen molar-refractivity contribution in [2.75, 3.05) is 6.61 Å². The smallest absolute Gasteiger partial charge is 0.361 e. The van der Waals surface area contributed by atoms with Gasteiger partial charge in [-0.15, -0.1) is 11.3 Å². The van der Waals surface area contributed by atoms with Gasteiger partial charge in [0.25, 0.3) is 0 Å². The molecule has 2 aromatic rings. The zero-order chi connectivity index (χ0) is 11.5. The fourth-order valence-electron chi connectivity index (χ4n) is 1.21. The van der Waals surface area contributed by atoms with Crippen molar-refractivity contribution >= 4 is 28.9 Å². The van der Waals surface area contributed by atoms with Crippen LogP contribution < -0.4 is 0 Å². The lowest BCUT2D eigenvalue weighted by Gasteiger charge is -1.99. The maximum atomic E-state index is 11.5. The number of rotatable bonds is 3. The van der Waals surface area contributed by atoms with Gasteiger partial charge in [0.15, 0.2) is 17.8 Å². The van der Waals surface area contributed by atoms with Crippen LogP contribution in [0.15, 0.2) is 22.3 Å². The summed E-state index contributed by atoms with van der Waals surface area (Å²) in [6.45, 7) is 2.03. The average Bonchev–Trinajstić information content (AvgIpc) is 2.85. The maximum absolute atomic E-state index is 11.5. The van der Waals surface area contributed by atoms with E-state index >= 15 is 0 Å². The van der Waals surface area contributed by atoms with E-state index in [-0.39, 0.29) is 5.69 Å². The number of carbonyl (C=O) groups is 1. The summed E-state index contributed by atoms with van der Waals surface area (Å²) in [4.78, 5) is 16.1. The lowest BCUT2D eigenvalue weighted by atomic mass is 10.3. The molecule has 0 aliphatic carbocycles. The van der Waals surface area contributed by atoms with Gasteiger partial charge >= 0.3 is 5.97 Å². The third-order valence-electron chi connectivity index (χ3n) is 1.86. The van der Waals surface area contributed by atoms with Crippen LogP contribution in [0.1, 0.15) is 17.4 Å². The minimum atomic E-state index is -0.504. The molecule has 2 heterocycles. The highest BCUT2D eigenvalue weighted by atomic mass is 35.5. The minimum absolute atomic E-state index is 0.159. The van der Waals surface area contributed by atoms with Gasteiger partial charge in [-0.05, 0) is 18.4 Å². The Hall–Kier alpha value is -1.33. The molecule has 16 heavy (non-hydrogen) atoms. The number of oxazole rings is 1. The van der Waals surface area contributed by atoms with Crippen LogP contribution in [-0.2, 0) is 4.74 Å². The van der Waals surface area contributed by atoms with E-state index in [0.717, 1.165) is 0 Å². The number of carbonyl (C=O) groups excluding carboxylic acids is 1. The summed E-state index contributed by atoms with van der Waals surface area (Å²) in [6, 6.07) is 1.74. The highest BCUT2D eigenvalue weighted by Gasteiger charge is 2.21. The molecular weight excluding hydrogens is 250 g/mol. The molecule has 2 rings (SSSR count). The van der Waals surface area contributed by atoms with Crippen LogP contribution in [0.5, 0.6) is 0 Å². The van der Waals surface area contributed by atoms with E-state index in [2.05, 4.69) is 4.98 Å². The minimum Gasteiger partial charge on any atom is -0.461 e. The van der Waals surface area contributed by atoms with Gasteiger partial charge in [0.05, 0.1) is 16.5 Å². The predicted molar refractivity (Wildman–Crippen MR) is 60.8 cm³/mol. The van der Waals surface area contributed by atoms with Crippen LogP contribution >= 0.6 is 22.9 Å². The zero-order valence-corrected chi connectivity index (χ0v) is 9.97. The van der Waals surface area contributed by atoms with Crippen molar-refractivity contribution in [3.8, 4) is 10.6 Å². The first kappa shape index (κ1) is 11.2. The van der Waals surface area contributed by atoms with Crippen molar-refractivity contribution in [1.82, 2.24) is 4.98 Å². The molecule has 0 amide bonds. The SMILES string of the molecule is CCOC(=O)c1ncoc1-c1sccc1Cl. The van der Waals surface area contributed by atoms with Crippen LogP contribution in [0.2, 0.25) is 5.02 Å². The molecule has 0 aliphatic heterocycles. The Labute approximate surface area is 101 Å². The van der Waals surface area contributed by atoms with E-state index in [1.165, 1.54) is 17.7 Å². The number of nitrogens with zero attached hydrogens (tertiary/aromatic N) is 1. The van der Waals surface area contributed by atoms with Gasteiger partial charge in [0.1, 0.15) is 0 Å². The molecule has 0 N–H and O–H groups in total. The van der Waals surface area contributed by atoms with E-state index in [4.69, 9.17) is 20.8 Å². The number of thiophene rings is 1. The largest absolute Gasteiger partial charge is 0.461 e. The molecular formula is C10H8ClNO3S. The maximum Gasteiger partial charge on any atom is 0.361 e. The molecule has 0 atom stereocenters. The normalized spacial score (nSPS) is 10.4. The Kier molecular flexibility index (Phi) is 3.26. The highest BCUT2D eigenvalue weighted by Crippen LogP contribution is 2.35. The van der Waals surface area contributed by atoms with Crippen LogP contribution in [0.25, 0.3) is 10.6 Å². The molecule has 2 aromatic heterocycles. The number of esters is 1. The molecule has 4 nitrogen and oxygen atoms in total. The molecule has 0 radical (unpaired) electrons. The molecule has 0 aliphatic rings. The topological polar surface area (TPSA) is 52.3 Å². The fourth-order valence-corrected chi connectivity index (χ4v) is 2.34.